The van der Waals surface area contributed by atoms with Gasteiger partial charge >= 0.3 is 5.51 Å². The normalized spacial score (nSPS) is 12.0. The molecule has 81 heavy (non-hydrogen) atoms. The summed E-state index contributed by atoms with van der Waals surface area (Å²) in [5.74, 6) is 0. The summed E-state index contributed by atoms with van der Waals surface area (Å²) in [7, 11) is -6.27. The maximum absolute atomic E-state index is 10.7. The third-order valence-electron chi connectivity index (χ3n) is 16.6. The average molecular weight is 1170 g/mol. The van der Waals surface area contributed by atoms with E-state index in [9.17, 15) is 13.2 Å². The molecule has 3 nitrogen and oxygen atoms in total. The monoisotopic (exact) mass is 1170 g/mol. The zero-order valence-electron chi connectivity index (χ0n) is 54.0. The molecule has 0 heterocycles. The lowest BCUT2D eigenvalue weighted by atomic mass is 9.94. The molecule has 0 spiro atoms. The smallest absolute Gasteiger partial charge is 0.485 e. The summed E-state index contributed by atoms with van der Waals surface area (Å²) in [5.41, 5.74) is 9.87. The summed E-state index contributed by atoms with van der Waals surface area (Å²) in [6.45, 7) is 21.6. The Morgan fingerprint density at radius 2 is 0.444 bits per heavy atom. The zero-order chi connectivity index (χ0) is 59.6. The molecule has 8 heteroatoms. The zero-order valence-corrected chi connectivity index (χ0v) is 55.6. The number of aryl methyl sites for hydroxylation is 9. The van der Waals surface area contributed by atoms with Crippen LogP contribution in [0.2, 0.25) is 0 Å². The van der Waals surface area contributed by atoms with Gasteiger partial charge < -0.3 is 4.55 Å². The van der Waals surface area contributed by atoms with Crippen molar-refractivity contribution in [2.75, 3.05) is 0 Å². The molecular weight excluding hydrogens is 1050 g/mol. The van der Waals surface area contributed by atoms with Crippen LogP contribution in [0, 0.1) is 0 Å². The van der Waals surface area contributed by atoms with Crippen LogP contribution >= 0.6 is 0 Å². The molecule has 0 saturated heterocycles. The quantitative estimate of drug-likeness (QED) is 0.0245. The van der Waals surface area contributed by atoms with E-state index in [1.165, 1.54) is 289 Å². The van der Waals surface area contributed by atoms with E-state index >= 15 is 0 Å². The molecule has 3 aromatic rings. The average Bonchev–Trinajstić information content (AvgIpc) is 3.45. The highest BCUT2D eigenvalue weighted by Crippen LogP contribution is 2.46. The van der Waals surface area contributed by atoms with Crippen molar-refractivity contribution in [3.63, 3.8) is 0 Å². The van der Waals surface area contributed by atoms with Crippen LogP contribution in [0.3, 0.4) is 0 Å². The first-order valence-electron chi connectivity index (χ1n) is 34.4. The molecule has 0 N–H and O–H groups in total. The van der Waals surface area contributed by atoms with Gasteiger partial charge in [-0.15, -0.1) is 0 Å². The van der Waals surface area contributed by atoms with Crippen LogP contribution in [0.1, 0.15) is 344 Å². The van der Waals surface area contributed by atoms with Crippen molar-refractivity contribution in [2.24, 2.45) is 0 Å². The lowest BCUT2D eigenvalue weighted by Crippen LogP contribution is -2.21. The first-order valence-corrected chi connectivity index (χ1v) is 37.0. The molecule has 0 unspecified atom stereocenters. The summed E-state index contributed by atoms with van der Waals surface area (Å²) >= 11 is 0. The van der Waals surface area contributed by atoms with E-state index < -0.39 is 15.6 Å². The van der Waals surface area contributed by atoms with E-state index in [-0.39, 0.29) is 10.9 Å². The Morgan fingerprint density at radius 3 is 0.580 bits per heavy atom. The molecule has 0 aliphatic carbocycles. The minimum absolute atomic E-state index is 0.178. The number of unbranched alkanes of at least 4 members (excludes halogenated alkanes) is 27. The Kier molecular flexibility index (Phi) is 42.5. The second-order valence-corrected chi connectivity index (χ2v) is 27.4. The SMILES string of the molecule is CCCCCCc1cc(CCCCCC)c([S+](c2c(CCCCCC)cc(CCCCCC)cc2CCCCCC)c2c(CCCCCC)cc(CCCCCC)cc2CCCCCC)c(CCCCCC)c1.O=S(=O)([O-])C(F)(F)F. The van der Waals surface area contributed by atoms with E-state index in [4.69, 9.17) is 13.0 Å². The Balaban J connectivity index is 0.00000259. The molecule has 466 valence electrons. The predicted molar refractivity (Wildman–Crippen MR) is 348 cm³/mol. The first kappa shape index (κ1) is 74.8. The number of halogens is 3. The number of benzene rings is 3. The van der Waals surface area contributed by atoms with Gasteiger partial charge in [-0.2, -0.15) is 13.2 Å². The predicted octanol–water partition coefficient (Wildman–Crippen LogP) is 23.9. The first-order chi connectivity index (χ1) is 39.2. The van der Waals surface area contributed by atoms with Crippen LogP contribution in [0.5, 0.6) is 0 Å². The molecule has 3 rings (SSSR count). The molecule has 0 aliphatic rings. The van der Waals surface area contributed by atoms with Crippen LogP contribution < -0.4 is 0 Å². The molecule has 0 aliphatic heterocycles. The molecule has 0 saturated carbocycles. The lowest BCUT2D eigenvalue weighted by Gasteiger charge is -2.26. The van der Waals surface area contributed by atoms with Gasteiger partial charge in [-0.1, -0.05) is 272 Å². The van der Waals surface area contributed by atoms with Crippen LogP contribution in [-0.4, -0.2) is 18.5 Å². The van der Waals surface area contributed by atoms with Crippen molar-refractivity contribution < 1.29 is 26.1 Å². The molecule has 0 bridgehead atoms. The molecule has 0 aromatic heterocycles. The Bertz CT molecular complexity index is 1860. The van der Waals surface area contributed by atoms with Crippen LogP contribution in [0.25, 0.3) is 0 Å². The highest BCUT2D eigenvalue weighted by molar-refractivity contribution is 7.97. The number of hydrogen-bond donors (Lipinski definition) is 0. The van der Waals surface area contributed by atoms with Gasteiger partial charge in [-0.25, -0.2) is 8.42 Å². The molecule has 0 radical (unpaired) electrons. The molecule has 0 fully saturated rings. The summed E-state index contributed by atoms with van der Waals surface area (Å²) in [6, 6.07) is 17.1. The van der Waals surface area contributed by atoms with E-state index in [0.29, 0.717) is 0 Å². The molecule has 0 atom stereocenters. The lowest BCUT2D eigenvalue weighted by molar-refractivity contribution is -0.0517. The van der Waals surface area contributed by atoms with E-state index in [0.717, 1.165) is 0 Å². The molecule has 3 aromatic carbocycles. The maximum atomic E-state index is 10.7. The summed E-state index contributed by atoms with van der Waals surface area (Å²) in [5, 5.41) is 0. The maximum Gasteiger partial charge on any atom is 0.485 e. The Hall–Kier alpha value is -2.29. The molecular formula is C73H123F3O3S2. The largest absolute Gasteiger partial charge is 0.741 e. The van der Waals surface area contributed by atoms with Crippen LogP contribution in [-0.2, 0) is 78.8 Å². The number of rotatable bonds is 48. The van der Waals surface area contributed by atoms with Gasteiger partial charge in [0.05, 0.1) is 0 Å². The fourth-order valence-corrected chi connectivity index (χ4v) is 15.0. The van der Waals surface area contributed by atoms with Gasteiger partial charge in [0.2, 0.25) is 0 Å². The minimum Gasteiger partial charge on any atom is -0.741 e. The van der Waals surface area contributed by atoms with Gasteiger partial charge in [0.25, 0.3) is 0 Å². The van der Waals surface area contributed by atoms with Crippen molar-refractivity contribution in [3.05, 3.63) is 86.5 Å². The van der Waals surface area contributed by atoms with E-state index in [1.54, 1.807) is 50.1 Å². The van der Waals surface area contributed by atoms with Gasteiger partial charge in [0.1, 0.15) is 10.9 Å². The van der Waals surface area contributed by atoms with Gasteiger partial charge in [-0.05, 0) is 132 Å². The van der Waals surface area contributed by atoms with Crippen LogP contribution in [0.4, 0.5) is 13.2 Å². The fourth-order valence-electron chi connectivity index (χ4n) is 11.8. The third-order valence-corrected chi connectivity index (χ3v) is 19.9. The van der Waals surface area contributed by atoms with Gasteiger partial charge in [0.15, 0.2) is 24.8 Å². The van der Waals surface area contributed by atoms with E-state index in [2.05, 4.69) is 98.7 Å². The standard InChI is InChI=1S/C72H123S.CHF3O3S/c1-10-19-28-37-46-61-55-64(49-40-31-22-13-4)70(65(56-61)50-41-32-23-14-5)73(71-66(51-42-33-24-15-6)57-62(47-38-29-20-11-2)58-67(71)52-43-34-25-16-7)72-68(53-44-35-26-17-8)59-63(48-39-30-21-12-3)60-69(72)54-45-36-27-18-9;2-1(3,4)8(5,6)7/h55-60H,10-54H2,1-9H3;(H,5,6,7)/q+1;/p-1. The second-order valence-electron chi connectivity index (χ2n) is 24.2. The highest BCUT2D eigenvalue weighted by atomic mass is 32.2. The molecule has 0 amide bonds. The summed E-state index contributed by atoms with van der Waals surface area (Å²) < 4.78 is 58.9. The second kappa shape index (κ2) is 46.0. The minimum atomic E-state index is -6.09. The summed E-state index contributed by atoms with van der Waals surface area (Å²) in [6.07, 6.45) is 59.3. The number of hydrogen-bond acceptors (Lipinski definition) is 3. The highest BCUT2D eigenvalue weighted by Gasteiger charge is 2.42. The van der Waals surface area contributed by atoms with Crippen molar-refractivity contribution >= 4 is 21.0 Å². The topological polar surface area (TPSA) is 57.2 Å². The summed E-state index contributed by atoms with van der Waals surface area (Å²) in [4.78, 5) is 5.47. The number of alkyl halides is 3. The third kappa shape index (κ3) is 30.6. The van der Waals surface area contributed by atoms with Gasteiger partial charge in [-0.3, -0.25) is 0 Å². The fraction of sp³-hybridized carbons (Fsp3) is 0.753. The van der Waals surface area contributed by atoms with Crippen molar-refractivity contribution in [1.29, 1.82) is 0 Å². The Labute approximate surface area is 502 Å². The van der Waals surface area contributed by atoms with Crippen molar-refractivity contribution in [2.45, 2.75) is 371 Å². The van der Waals surface area contributed by atoms with Crippen molar-refractivity contribution in [1.82, 2.24) is 0 Å². The van der Waals surface area contributed by atoms with Crippen molar-refractivity contribution in [3.8, 4) is 0 Å². The van der Waals surface area contributed by atoms with Crippen LogP contribution in [0.15, 0.2) is 51.1 Å². The Morgan fingerprint density at radius 1 is 0.296 bits per heavy atom. The van der Waals surface area contributed by atoms with E-state index in [1.807, 2.05) is 14.7 Å². The van der Waals surface area contributed by atoms with Gasteiger partial charge in [0, 0.05) is 33.4 Å².